The van der Waals surface area contributed by atoms with Gasteiger partial charge in [-0.1, -0.05) is 0 Å². The van der Waals surface area contributed by atoms with E-state index in [2.05, 4.69) is 4.90 Å². The average Bonchev–Trinajstić information content (AvgIpc) is 2.90. The molecule has 19 heavy (non-hydrogen) atoms. The van der Waals surface area contributed by atoms with Crippen molar-refractivity contribution in [3.05, 3.63) is 29.8 Å². The molecule has 102 valence electrons. The lowest BCUT2D eigenvalue weighted by molar-refractivity contribution is -0.119. The highest BCUT2D eigenvalue weighted by molar-refractivity contribution is 5.95. The number of nitrogens with zero attached hydrogens (tertiary/aromatic N) is 2. The molecular formula is C14H18N2O3. The van der Waals surface area contributed by atoms with Gasteiger partial charge in [0.1, 0.15) is 0 Å². The second-order valence-corrected chi connectivity index (χ2v) is 4.79. The lowest BCUT2D eigenvalue weighted by Gasteiger charge is -2.21. The number of aromatic carboxylic acids is 1. The molecule has 1 aromatic rings. The Morgan fingerprint density at radius 1 is 1.21 bits per heavy atom. The molecule has 0 atom stereocenters. The number of carboxylic acid groups (broad SMARTS) is 1. The maximum absolute atomic E-state index is 12.1. The monoisotopic (exact) mass is 262 g/mol. The quantitative estimate of drug-likeness (QED) is 0.892. The number of likely N-dealkylation sites (tertiary alicyclic amines) is 1. The van der Waals surface area contributed by atoms with Gasteiger partial charge in [0.2, 0.25) is 5.91 Å². The zero-order valence-electron chi connectivity index (χ0n) is 11.0. The van der Waals surface area contributed by atoms with Gasteiger partial charge in [-0.2, -0.15) is 0 Å². The molecule has 1 N–H and O–H groups in total. The first-order chi connectivity index (χ1) is 9.08. The Morgan fingerprint density at radius 3 is 2.32 bits per heavy atom. The fourth-order valence-corrected chi connectivity index (χ4v) is 2.21. The fourth-order valence-electron chi connectivity index (χ4n) is 2.21. The van der Waals surface area contributed by atoms with E-state index in [4.69, 9.17) is 5.11 Å². The van der Waals surface area contributed by atoms with E-state index >= 15 is 0 Å². The minimum Gasteiger partial charge on any atom is -0.478 e. The van der Waals surface area contributed by atoms with Gasteiger partial charge in [-0.25, -0.2) is 4.79 Å². The van der Waals surface area contributed by atoms with Crippen LogP contribution in [0, 0.1) is 0 Å². The van der Waals surface area contributed by atoms with Gasteiger partial charge in [-0.3, -0.25) is 9.69 Å². The second-order valence-electron chi connectivity index (χ2n) is 4.79. The number of carbonyl (C=O) groups excluding carboxylic acids is 1. The number of likely N-dealkylation sites (N-methyl/N-ethyl adjacent to an activating group) is 1. The number of amides is 1. The summed E-state index contributed by atoms with van der Waals surface area (Å²) < 4.78 is 0. The molecule has 0 aliphatic carbocycles. The van der Waals surface area contributed by atoms with Gasteiger partial charge in [0.25, 0.3) is 0 Å². The van der Waals surface area contributed by atoms with E-state index < -0.39 is 5.97 Å². The Balaban J connectivity index is 1.99. The molecule has 1 heterocycles. The van der Waals surface area contributed by atoms with Crippen molar-refractivity contribution in [3.63, 3.8) is 0 Å². The first-order valence-corrected chi connectivity index (χ1v) is 6.40. The number of hydrogen-bond acceptors (Lipinski definition) is 3. The van der Waals surface area contributed by atoms with E-state index in [1.165, 1.54) is 12.1 Å². The second kappa shape index (κ2) is 5.84. The summed E-state index contributed by atoms with van der Waals surface area (Å²) in [7, 11) is 1.72. The number of benzene rings is 1. The lowest BCUT2D eigenvalue weighted by atomic mass is 10.2. The van der Waals surface area contributed by atoms with Crippen molar-refractivity contribution < 1.29 is 14.7 Å². The van der Waals surface area contributed by atoms with Crippen LogP contribution in [0.2, 0.25) is 0 Å². The Labute approximate surface area is 112 Å². The third kappa shape index (κ3) is 3.32. The number of rotatable bonds is 4. The molecule has 0 spiro atoms. The summed E-state index contributed by atoms with van der Waals surface area (Å²) in [6, 6.07) is 6.34. The molecule has 1 aliphatic rings. The zero-order valence-corrected chi connectivity index (χ0v) is 11.0. The Bertz CT molecular complexity index is 464. The first kappa shape index (κ1) is 13.5. The number of hydrogen-bond donors (Lipinski definition) is 1. The van der Waals surface area contributed by atoms with E-state index in [0.717, 1.165) is 25.9 Å². The Morgan fingerprint density at radius 2 is 1.79 bits per heavy atom. The van der Waals surface area contributed by atoms with Crippen LogP contribution in [0.25, 0.3) is 0 Å². The van der Waals surface area contributed by atoms with Crippen LogP contribution in [0.3, 0.4) is 0 Å². The van der Waals surface area contributed by atoms with E-state index in [-0.39, 0.29) is 11.5 Å². The minimum absolute atomic E-state index is 0.0324. The van der Waals surface area contributed by atoms with Crippen LogP contribution in [-0.4, -0.2) is 48.6 Å². The average molecular weight is 262 g/mol. The van der Waals surface area contributed by atoms with Gasteiger partial charge in [0, 0.05) is 12.7 Å². The molecule has 1 aliphatic heterocycles. The van der Waals surface area contributed by atoms with E-state index in [1.54, 1.807) is 24.1 Å². The van der Waals surface area contributed by atoms with Crippen LogP contribution < -0.4 is 4.90 Å². The highest BCUT2D eigenvalue weighted by atomic mass is 16.4. The largest absolute Gasteiger partial charge is 0.478 e. The summed E-state index contributed by atoms with van der Waals surface area (Å²) in [5, 5.41) is 8.83. The topological polar surface area (TPSA) is 60.9 Å². The normalized spacial score (nSPS) is 15.4. The van der Waals surface area contributed by atoms with Crippen LogP contribution >= 0.6 is 0 Å². The smallest absolute Gasteiger partial charge is 0.335 e. The van der Waals surface area contributed by atoms with Crippen molar-refractivity contribution >= 4 is 17.6 Å². The van der Waals surface area contributed by atoms with Gasteiger partial charge >= 0.3 is 5.97 Å². The molecule has 1 amide bonds. The Kier molecular flexibility index (Phi) is 4.16. The van der Waals surface area contributed by atoms with Crippen molar-refractivity contribution in [1.29, 1.82) is 0 Å². The Hall–Kier alpha value is -1.88. The van der Waals surface area contributed by atoms with Crippen molar-refractivity contribution in [3.8, 4) is 0 Å². The van der Waals surface area contributed by atoms with Gasteiger partial charge in [-0.15, -0.1) is 0 Å². The first-order valence-electron chi connectivity index (χ1n) is 6.40. The summed E-state index contributed by atoms with van der Waals surface area (Å²) in [6.07, 6.45) is 2.31. The van der Waals surface area contributed by atoms with Crippen molar-refractivity contribution in [2.45, 2.75) is 12.8 Å². The molecule has 1 saturated heterocycles. The number of anilines is 1. The predicted molar refractivity (Wildman–Crippen MR) is 72.5 cm³/mol. The molecule has 0 saturated carbocycles. The maximum atomic E-state index is 12.1. The molecule has 0 unspecified atom stereocenters. The van der Waals surface area contributed by atoms with Crippen LogP contribution in [0.15, 0.2) is 24.3 Å². The third-order valence-electron chi connectivity index (χ3n) is 3.43. The standard InChI is InChI=1S/C14H18N2O3/c1-15(13(17)10-16-8-2-3-9-16)12-6-4-11(5-7-12)14(18)19/h4-7H,2-3,8-10H2,1H3,(H,18,19). The van der Waals surface area contributed by atoms with Gasteiger partial charge < -0.3 is 10.0 Å². The molecule has 5 nitrogen and oxygen atoms in total. The van der Waals surface area contributed by atoms with Crippen molar-refractivity contribution in [2.75, 3.05) is 31.6 Å². The molecule has 0 radical (unpaired) electrons. The van der Waals surface area contributed by atoms with Crippen LogP contribution in [0.5, 0.6) is 0 Å². The SMILES string of the molecule is CN(C(=O)CN1CCCC1)c1ccc(C(=O)O)cc1. The van der Waals surface area contributed by atoms with E-state index in [0.29, 0.717) is 12.2 Å². The summed E-state index contributed by atoms with van der Waals surface area (Å²) >= 11 is 0. The summed E-state index contributed by atoms with van der Waals surface area (Å²) in [6.45, 7) is 2.40. The number of carboxylic acids is 1. The van der Waals surface area contributed by atoms with Crippen LogP contribution in [0.4, 0.5) is 5.69 Å². The van der Waals surface area contributed by atoms with E-state index in [1.807, 2.05) is 0 Å². The minimum atomic E-state index is -0.961. The molecule has 1 aromatic carbocycles. The highest BCUT2D eigenvalue weighted by Gasteiger charge is 2.18. The van der Waals surface area contributed by atoms with Crippen molar-refractivity contribution in [2.24, 2.45) is 0 Å². The van der Waals surface area contributed by atoms with Crippen molar-refractivity contribution in [1.82, 2.24) is 4.90 Å². The van der Waals surface area contributed by atoms with Crippen LogP contribution in [-0.2, 0) is 4.79 Å². The fraction of sp³-hybridized carbons (Fsp3) is 0.429. The molecule has 0 bridgehead atoms. The molecule has 2 rings (SSSR count). The molecule has 1 fully saturated rings. The van der Waals surface area contributed by atoms with Gasteiger partial charge in [0.15, 0.2) is 0 Å². The molecular weight excluding hydrogens is 244 g/mol. The van der Waals surface area contributed by atoms with Crippen LogP contribution in [0.1, 0.15) is 23.2 Å². The maximum Gasteiger partial charge on any atom is 0.335 e. The third-order valence-corrected chi connectivity index (χ3v) is 3.43. The number of carbonyl (C=O) groups is 2. The highest BCUT2D eigenvalue weighted by Crippen LogP contribution is 2.15. The summed E-state index contributed by atoms with van der Waals surface area (Å²) in [4.78, 5) is 26.6. The van der Waals surface area contributed by atoms with Gasteiger partial charge in [-0.05, 0) is 50.2 Å². The molecule has 0 aromatic heterocycles. The predicted octanol–water partition coefficient (Wildman–Crippen LogP) is 1.44. The molecule has 5 heteroatoms. The van der Waals surface area contributed by atoms with E-state index in [9.17, 15) is 9.59 Å². The summed E-state index contributed by atoms with van der Waals surface area (Å²) in [5.74, 6) is -0.928. The summed E-state index contributed by atoms with van der Waals surface area (Å²) in [5.41, 5.74) is 0.943. The lowest BCUT2D eigenvalue weighted by Crippen LogP contribution is -2.37. The van der Waals surface area contributed by atoms with Gasteiger partial charge in [0.05, 0.1) is 12.1 Å². The zero-order chi connectivity index (χ0) is 13.8.